The standard InChI is InChI=1S/C22H33N3O3/c1-20(2)11-21(3,14-23-15-26)13-22(12-20,25-17-28)10-4-5-18-6-8-19(9-7-18)24-16-27/h18-19H,4-14H2,1-3H3. The lowest BCUT2D eigenvalue weighted by Gasteiger charge is -2.50. The quantitative estimate of drug-likeness (QED) is 0.447. The molecule has 0 aliphatic heterocycles. The second kappa shape index (κ2) is 9.56. The van der Waals surface area contributed by atoms with Gasteiger partial charge in [-0.15, -0.1) is 0 Å². The molecule has 0 N–H and O–H groups in total. The molecule has 0 spiro atoms. The van der Waals surface area contributed by atoms with Gasteiger partial charge in [-0.25, -0.2) is 24.4 Å². The summed E-state index contributed by atoms with van der Waals surface area (Å²) >= 11 is 0. The molecule has 2 aliphatic rings. The Bertz CT molecular complexity index is 679. The first-order valence-electron chi connectivity index (χ1n) is 10.5. The van der Waals surface area contributed by atoms with Crippen molar-refractivity contribution in [2.24, 2.45) is 31.7 Å². The minimum atomic E-state index is -0.421. The smallest absolute Gasteiger partial charge is 0.211 e. The predicted octanol–water partition coefficient (Wildman–Crippen LogP) is 4.68. The third-order valence-corrected chi connectivity index (χ3v) is 6.58. The largest absolute Gasteiger partial charge is 0.235 e. The molecule has 2 rings (SSSR count). The van der Waals surface area contributed by atoms with E-state index in [4.69, 9.17) is 0 Å². The summed E-state index contributed by atoms with van der Waals surface area (Å²) in [5.74, 6) is 0.651. The average molecular weight is 388 g/mol. The summed E-state index contributed by atoms with van der Waals surface area (Å²) in [6, 6.07) is 0.151. The van der Waals surface area contributed by atoms with E-state index >= 15 is 0 Å². The molecule has 2 unspecified atom stereocenters. The minimum Gasteiger partial charge on any atom is -0.211 e. The summed E-state index contributed by atoms with van der Waals surface area (Å²) in [5.41, 5.74) is -0.559. The van der Waals surface area contributed by atoms with Crippen LogP contribution >= 0.6 is 0 Å². The van der Waals surface area contributed by atoms with Gasteiger partial charge in [0.1, 0.15) is 0 Å². The van der Waals surface area contributed by atoms with Gasteiger partial charge in [0.15, 0.2) is 0 Å². The van der Waals surface area contributed by atoms with Gasteiger partial charge in [0.2, 0.25) is 18.2 Å². The van der Waals surface area contributed by atoms with Crippen molar-refractivity contribution in [3.8, 4) is 0 Å². The van der Waals surface area contributed by atoms with E-state index in [1.165, 1.54) is 0 Å². The van der Waals surface area contributed by atoms with Gasteiger partial charge in [0, 0.05) is 0 Å². The number of hydrogen-bond donors (Lipinski definition) is 0. The number of carbonyl (C=O) groups excluding carboxylic acids is 3. The van der Waals surface area contributed by atoms with Crippen molar-refractivity contribution in [2.45, 2.75) is 96.6 Å². The summed E-state index contributed by atoms with van der Waals surface area (Å²) in [4.78, 5) is 44.4. The van der Waals surface area contributed by atoms with Crippen LogP contribution < -0.4 is 0 Å². The lowest BCUT2D eigenvalue weighted by atomic mass is 9.56. The van der Waals surface area contributed by atoms with E-state index < -0.39 is 5.54 Å². The van der Waals surface area contributed by atoms with Gasteiger partial charge in [0.25, 0.3) is 0 Å². The van der Waals surface area contributed by atoms with Crippen molar-refractivity contribution in [3.05, 3.63) is 0 Å². The zero-order valence-electron chi connectivity index (χ0n) is 17.5. The maximum Gasteiger partial charge on any atom is 0.235 e. The molecule has 0 saturated heterocycles. The summed E-state index contributed by atoms with van der Waals surface area (Å²) in [5, 5.41) is 0. The highest BCUT2D eigenvalue weighted by atomic mass is 16.1. The summed E-state index contributed by atoms with van der Waals surface area (Å²) in [7, 11) is 0. The molecule has 6 nitrogen and oxygen atoms in total. The number of nitrogens with zero attached hydrogens (tertiary/aromatic N) is 3. The van der Waals surface area contributed by atoms with Crippen LogP contribution in [0.1, 0.15) is 85.0 Å². The molecule has 2 fully saturated rings. The molecule has 0 aromatic rings. The van der Waals surface area contributed by atoms with E-state index in [9.17, 15) is 14.4 Å². The fraction of sp³-hybridized carbons (Fsp3) is 0.864. The normalized spacial score (nSPS) is 34.4. The van der Waals surface area contributed by atoms with Crippen LogP contribution in [0.3, 0.4) is 0 Å². The predicted molar refractivity (Wildman–Crippen MR) is 107 cm³/mol. The SMILES string of the molecule is CC1(C)CC(C)(CN=C=O)CC(CCCC2CCC(N=C=O)CC2)(N=C=O)C1. The molecular weight excluding hydrogens is 354 g/mol. The molecule has 0 aromatic heterocycles. The van der Waals surface area contributed by atoms with Gasteiger partial charge in [-0.1, -0.05) is 33.6 Å². The summed E-state index contributed by atoms with van der Waals surface area (Å²) in [6.45, 7) is 6.98. The number of aliphatic imine (C=N–C) groups is 3. The van der Waals surface area contributed by atoms with Crippen LogP contribution in [0, 0.1) is 16.7 Å². The fourth-order valence-corrected chi connectivity index (χ4v) is 6.13. The van der Waals surface area contributed by atoms with Crippen LogP contribution in [0.15, 0.2) is 15.0 Å². The van der Waals surface area contributed by atoms with Crippen molar-refractivity contribution >= 4 is 18.2 Å². The Kier molecular flexibility index (Phi) is 7.66. The Morgan fingerprint density at radius 2 is 1.61 bits per heavy atom. The van der Waals surface area contributed by atoms with Crippen molar-refractivity contribution < 1.29 is 14.4 Å². The number of hydrogen-bond acceptors (Lipinski definition) is 6. The Morgan fingerprint density at radius 3 is 2.21 bits per heavy atom. The monoisotopic (exact) mass is 387 g/mol. The van der Waals surface area contributed by atoms with E-state index in [1.54, 1.807) is 12.2 Å². The summed E-state index contributed by atoms with van der Waals surface area (Å²) < 4.78 is 0. The van der Waals surface area contributed by atoms with Crippen LogP contribution in [-0.4, -0.2) is 36.4 Å². The molecule has 0 heterocycles. The Balaban J connectivity index is 2.01. The number of rotatable bonds is 8. The molecule has 6 heteroatoms. The maximum absolute atomic E-state index is 11.3. The van der Waals surface area contributed by atoms with E-state index in [-0.39, 0.29) is 16.9 Å². The van der Waals surface area contributed by atoms with Crippen LogP contribution in [0.2, 0.25) is 0 Å². The van der Waals surface area contributed by atoms with E-state index in [2.05, 4.69) is 35.7 Å². The van der Waals surface area contributed by atoms with E-state index in [1.807, 2.05) is 6.08 Å². The van der Waals surface area contributed by atoms with Crippen LogP contribution in [0.5, 0.6) is 0 Å². The highest BCUT2D eigenvalue weighted by Gasteiger charge is 2.49. The van der Waals surface area contributed by atoms with Gasteiger partial charge in [-0.3, -0.25) is 0 Å². The average Bonchev–Trinajstić information content (AvgIpc) is 2.60. The first kappa shape index (κ1) is 22.4. The first-order chi connectivity index (χ1) is 13.3. The van der Waals surface area contributed by atoms with Crippen molar-refractivity contribution in [3.63, 3.8) is 0 Å². The first-order valence-corrected chi connectivity index (χ1v) is 10.5. The van der Waals surface area contributed by atoms with Crippen LogP contribution in [0.4, 0.5) is 0 Å². The second-order valence-electron chi connectivity index (χ2n) is 10.1. The zero-order chi connectivity index (χ0) is 20.7. The molecule has 2 saturated carbocycles. The molecule has 0 radical (unpaired) electrons. The Morgan fingerprint density at radius 1 is 0.893 bits per heavy atom. The van der Waals surface area contributed by atoms with Gasteiger partial charge in [-0.05, 0) is 68.1 Å². The molecule has 0 aromatic carbocycles. The Hall–Kier alpha value is -1.86. The molecule has 2 atom stereocenters. The van der Waals surface area contributed by atoms with Crippen LogP contribution in [0.25, 0.3) is 0 Å². The summed E-state index contributed by atoms with van der Waals surface area (Å²) in [6.07, 6.45) is 14.8. The lowest BCUT2D eigenvalue weighted by molar-refractivity contribution is 0.0375. The van der Waals surface area contributed by atoms with E-state index in [0.717, 1.165) is 64.2 Å². The molecule has 0 bridgehead atoms. The van der Waals surface area contributed by atoms with E-state index in [0.29, 0.717) is 12.5 Å². The lowest BCUT2D eigenvalue weighted by Crippen LogP contribution is -2.47. The fourth-order valence-electron chi connectivity index (χ4n) is 6.13. The molecule has 154 valence electrons. The maximum atomic E-state index is 11.3. The molecule has 0 amide bonds. The van der Waals surface area contributed by atoms with Gasteiger partial charge in [0.05, 0.1) is 18.1 Å². The minimum absolute atomic E-state index is 0.0245. The van der Waals surface area contributed by atoms with Gasteiger partial charge < -0.3 is 0 Å². The third kappa shape index (κ3) is 6.34. The highest BCUT2D eigenvalue weighted by molar-refractivity contribution is 5.36. The Labute approximate surface area is 168 Å². The molecular formula is C22H33N3O3. The van der Waals surface area contributed by atoms with Crippen molar-refractivity contribution in [1.82, 2.24) is 0 Å². The van der Waals surface area contributed by atoms with Crippen molar-refractivity contribution in [2.75, 3.05) is 6.54 Å². The molecule has 28 heavy (non-hydrogen) atoms. The van der Waals surface area contributed by atoms with Gasteiger partial charge in [-0.2, -0.15) is 4.99 Å². The third-order valence-electron chi connectivity index (χ3n) is 6.58. The highest BCUT2D eigenvalue weighted by Crippen LogP contribution is 2.53. The second-order valence-corrected chi connectivity index (χ2v) is 10.1. The topological polar surface area (TPSA) is 88.3 Å². The zero-order valence-corrected chi connectivity index (χ0v) is 17.5. The van der Waals surface area contributed by atoms with Gasteiger partial charge >= 0.3 is 0 Å². The van der Waals surface area contributed by atoms with Crippen LogP contribution in [-0.2, 0) is 14.4 Å². The molecule has 2 aliphatic carbocycles. The van der Waals surface area contributed by atoms with Crippen molar-refractivity contribution in [1.29, 1.82) is 0 Å². The number of isocyanates is 3.